The summed E-state index contributed by atoms with van der Waals surface area (Å²) in [4.78, 5) is 16.5. The minimum absolute atomic E-state index is 0.193. The molecule has 30 heavy (non-hydrogen) atoms. The highest BCUT2D eigenvalue weighted by Crippen LogP contribution is 2.23. The minimum atomic E-state index is -4.06. The van der Waals surface area contributed by atoms with Gasteiger partial charge in [-0.3, -0.25) is 0 Å². The maximum Gasteiger partial charge on any atom is 0.389 e. The van der Waals surface area contributed by atoms with Crippen LogP contribution in [0.1, 0.15) is 74.3 Å². The number of aromatic nitrogens is 3. The van der Waals surface area contributed by atoms with Crippen LogP contribution in [-0.4, -0.2) is 33.5 Å². The number of carbonyl (C=O) groups is 1. The SMILES string of the molecule is CCOC(=O)c1cnn(-c2cccc(Cl)n2)c1CCCCCCCCCC(F)(F)F. The first-order valence-electron chi connectivity index (χ1n) is 10.3. The summed E-state index contributed by atoms with van der Waals surface area (Å²) in [6, 6.07) is 5.19. The van der Waals surface area contributed by atoms with E-state index in [-0.39, 0.29) is 13.0 Å². The molecule has 0 aliphatic heterocycles. The lowest BCUT2D eigenvalue weighted by molar-refractivity contribution is -0.135. The number of hydrogen-bond acceptors (Lipinski definition) is 4. The van der Waals surface area contributed by atoms with E-state index in [1.165, 1.54) is 6.20 Å². The number of halogens is 4. The summed E-state index contributed by atoms with van der Waals surface area (Å²) in [5.41, 5.74) is 1.12. The highest BCUT2D eigenvalue weighted by molar-refractivity contribution is 6.29. The number of nitrogens with zero attached hydrogens (tertiary/aromatic N) is 3. The maximum absolute atomic E-state index is 12.3. The average Bonchev–Trinajstić information content (AvgIpc) is 3.10. The first kappa shape index (κ1) is 24.2. The van der Waals surface area contributed by atoms with Crippen LogP contribution in [0.2, 0.25) is 5.15 Å². The van der Waals surface area contributed by atoms with Crippen molar-refractivity contribution >= 4 is 17.6 Å². The summed E-state index contributed by atoms with van der Waals surface area (Å²) in [6.45, 7) is 2.02. The van der Waals surface area contributed by atoms with Crippen molar-refractivity contribution in [1.82, 2.24) is 14.8 Å². The van der Waals surface area contributed by atoms with Gasteiger partial charge in [-0.2, -0.15) is 18.3 Å². The van der Waals surface area contributed by atoms with Crippen LogP contribution in [-0.2, 0) is 11.2 Å². The average molecular weight is 446 g/mol. The summed E-state index contributed by atoms with van der Waals surface area (Å²) in [5.74, 6) is 0.100. The van der Waals surface area contributed by atoms with Gasteiger partial charge in [-0.25, -0.2) is 14.5 Å². The molecule has 0 amide bonds. The van der Waals surface area contributed by atoms with Crippen molar-refractivity contribution < 1.29 is 22.7 Å². The number of carbonyl (C=O) groups excluding carboxylic acids is 1. The smallest absolute Gasteiger partial charge is 0.389 e. The standard InChI is InChI=1S/C21H27ClF3N3O2/c1-2-30-20(29)16-15-26-28(19-13-10-12-18(22)27-19)17(16)11-8-6-4-3-5-7-9-14-21(23,24)25/h10,12-13,15H,2-9,11,14H2,1H3. The van der Waals surface area contributed by atoms with E-state index in [1.54, 1.807) is 29.8 Å². The Labute approximate surface area is 179 Å². The van der Waals surface area contributed by atoms with E-state index in [0.29, 0.717) is 35.1 Å². The summed E-state index contributed by atoms with van der Waals surface area (Å²) in [5, 5.41) is 4.63. The van der Waals surface area contributed by atoms with E-state index in [2.05, 4.69) is 10.1 Å². The van der Waals surface area contributed by atoms with Gasteiger partial charge < -0.3 is 4.74 Å². The molecule has 0 atom stereocenters. The molecule has 0 radical (unpaired) electrons. The quantitative estimate of drug-likeness (QED) is 0.218. The molecule has 5 nitrogen and oxygen atoms in total. The number of alkyl halides is 3. The van der Waals surface area contributed by atoms with Gasteiger partial charge in [0.1, 0.15) is 10.7 Å². The Morgan fingerprint density at radius 1 is 1.10 bits per heavy atom. The van der Waals surface area contributed by atoms with E-state index in [0.717, 1.165) is 32.1 Å². The molecule has 0 aliphatic carbocycles. The van der Waals surface area contributed by atoms with E-state index < -0.39 is 18.6 Å². The molecule has 2 aromatic rings. The van der Waals surface area contributed by atoms with Crippen LogP contribution in [0.3, 0.4) is 0 Å². The monoisotopic (exact) mass is 445 g/mol. The van der Waals surface area contributed by atoms with Crippen LogP contribution >= 0.6 is 11.6 Å². The minimum Gasteiger partial charge on any atom is -0.462 e. The van der Waals surface area contributed by atoms with Crippen LogP contribution in [0.5, 0.6) is 0 Å². The van der Waals surface area contributed by atoms with Gasteiger partial charge in [-0.05, 0) is 38.3 Å². The number of esters is 1. The van der Waals surface area contributed by atoms with Crippen molar-refractivity contribution in [2.75, 3.05) is 6.61 Å². The van der Waals surface area contributed by atoms with Gasteiger partial charge in [0.2, 0.25) is 0 Å². The second-order valence-corrected chi connectivity index (χ2v) is 7.43. The number of rotatable bonds is 12. The first-order valence-corrected chi connectivity index (χ1v) is 10.6. The van der Waals surface area contributed by atoms with Crippen molar-refractivity contribution in [3.8, 4) is 5.82 Å². The second kappa shape index (κ2) is 11.9. The topological polar surface area (TPSA) is 57.0 Å². The zero-order valence-corrected chi connectivity index (χ0v) is 17.8. The molecule has 0 bridgehead atoms. The zero-order valence-electron chi connectivity index (χ0n) is 17.1. The van der Waals surface area contributed by atoms with Gasteiger partial charge in [0, 0.05) is 6.42 Å². The zero-order chi connectivity index (χ0) is 22.0. The Kier molecular flexibility index (Phi) is 9.62. The maximum atomic E-state index is 12.3. The summed E-state index contributed by atoms with van der Waals surface area (Å²) < 4.78 is 43.1. The van der Waals surface area contributed by atoms with Gasteiger partial charge in [0.25, 0.3) is 0 Å². The van der Waals surface area contributed by atoms with Gasteiger partial charge >= 0.3 is 12.1 Å². The Morgan fingerprint density at radius 3 is 2.40 bits per heavy atom. The molecule has 0 fully saturated rings. The van der Waals surface area contributed by atoms with Crippen molar-refractivity contribution in [2.24, 2.45) is 0 Å². The summed E-state index contributed by atoms with van der Waals surface area (Å²) in [7, 11) is 0. The fraction of sp³-hybridized carbons (Fsp3) is 0.571. The van der Waals surface area contributed by atoms with E-state index in [4.69, 9.17) is 16.3 Å². The van der Waals surface area contributed by atoms with Crippen molar-refractivity contribution in [3.05, 3.63) is 40.8 Å². The lowest BCUT2D eigenvalue weighted by Gasteiger charge is -2.09. The molecule has 166 valence electrons. The van der Waals surface area contributed by atoms with Crippen molar-refractivity contribution in [1.29, 1.82) is 0 Å². The number of hydrogen-bond donors (Lipinski definition) is 0. The molecule has 0 unspecified atom stereocenters. The van der Waals surface area contributed by atoms with E-state index in [1.807, 2.05) is 0 Å². The number of ether oxygens (including phenoxy) is 1. The first-order chi connectivity index (χ1) is 14.3. The van der Waals surface area contributed by atoms with Crippen LogP contribution in [0.15, 0.2) is 24.4 Å². The Bertz CT molecular complexity index is 809. The molecule has 0 saturated heterocycles. The third-order valence-electron chi connectivity index (χ3n) is 4.66. The molecule has 0 spiro atoms. The van der Waals surface area contributed by atoms with Gasteiger partial charge in [0.15, 0.2) is 5.82 Å². The molecule has 0 N–H and O–H groups in total. The Balaban J connectivity index is 1.89. The molecule has 2 aromatic heterocycles. The molecule has 2 heterocycles. The molecule has 0 saturated carbocycles. The van der Waals surface area contributed by atoms with Crippen LogP contribution in [0, 0.1) is 0 Å². The summed E-state index contributed by atoms with van der Waals surface area (Å²) >= 11 is 5.98. The van der Waals surface area contributed by atoms with Crippen LogP contribution in [0.4, 0.5) is 13.2 Å². The highest BCUT2D eigenvalue weighted by atomic mass is 35.5. The van der Waals surface area contributed by atoms with E-state index in [9.17, 15) is 18.0 Å². The van der Waals surface area contributed by atoms with Crippen LogP contribution in [0.25, 0.3) is 5.82 Å². The Hall–Kier alpha value is -2.09. The molecule has 0 aromatic carbocycles. The van der Waals surface area contributed by atoms with Crippen molar-refractivity contribution in [2.45, 2.75) is 70.9 Å². The third-order valence-corrected chi connectivity index (χ3v) is 4.87. The molecule has 0 aliphatic rings. The van der Waals surface area contributed by atoms with Gasteiger partial charge in [-0.1, -0.05) is 49.8 Å². The van der Waals surface area contributed by atoms with Crippen LogP contribution < -0.4 is 0 Å². The fourth-order valence-corrected chi connectivity index (χ4v) is 3.37. The Morgan fingerprint density at radius 2 is 1.77 bits per heavy atom. The molecular weight excluding hydrogens is 419 g/mol. The molecule has 2 rings (SSSR count). The second-order valence-electron chi connectivity index (χ2n) is 7.05. The van der Waals surface area contributed by atoms with Crippen molar-refractivity contribution in [3.63, 3.8) is 0 Å². The number of unbranched alkanes of at least 4 members (excludes halogenated alkanes) is 6. The van der Waals surface area contributed by atoms with Gasteiger partial charge in [0.05, 0.1) is 18.5 Å². The fourth-order valence-electron chi connectivity index (χ4n) is 3.21. The largest absolute Gasteiger partial charge is 0.462 e. The number of pyridine rings is 1. The lowest BCUT2D eigenvalue weighted by Crippen LogP contribution is -2.10. The lowest BCUT2D eigenvalue weighted by atomic mass is 10.0. The molecule has 9 heteroatoms. The normalized spacial score (nSPS) is 11.6. The highest BCUT2D eigenvalue weighted by Gasteiger charge is 2.25. The third kappa shape index (κ3) is 7.97. The molecular formula is C21H27ClF3N3O2. The summed E-state index contributed by atoms with van der Waals surface area (Å²) in [6.07, 6.45) is 2.49. The predicted molar refractivity (Wildman–Crippen MR) is 109 cm³/mol. The van der Waals surface area contributed by atoms with E-state index >= 15 is 0 Å². The predicted octanol–water partition coefficient (Wildman–Crippen LogP) is 6.32. The van der Waals surface area contributed by atoms with Gasteiger partial charge in [-0.15, -0.1) is 0 Å².